The summed E-state index contributed by atoms with van der Waals surface area (Å²) in [5.41, 5.74) is 5.62. The average molecular weight is 937 g/mol. The second kappa shape index (κ2) is 51.6. The molecule has 2 rings (SSSR count). The number of hydrogen-bond acceptors (Lipinski definition) is 7. The van der Waals surface area contributed by atoms with Crippen LogP contribution in [0.2, 0.25) is 0 Å². The molecule has 9 nitrogen and oxygen atoms in total. The fourth-order valence-corrected chi connectivity index (χ4v) is 5.81. The Morgan fingerprint density at radius 3 is 1.48 bits per heavy atom. The van der Waals surface area contributed by atoms with Gasteiger partial charge in [0.25, 0.3) is 0 Å². The molecule has 1 fully saturated rings. The van der Waals surface area contributed by atoms with Gasteiger partial charge >= 0.3 is 0 Å². The SMILES string of the molecule is C=CCC(C)C.CC(C)CC#N.CC(C)CC(=O)N(C)C.CC(C)CC(C)(C)O.CC(C)CC(N)=O.CC(C)CC1CCCC1.CC(C)COCc1ccccc1.COCCOCC(C)C. The summed E-state index contributed by atoms with van der Waals surface area (Å²) in [6, 6.07) is 12.3. The van der Waals surface area contributed by atoms with Gasteiger partial charge in [0.05, 0.1) is 31.5 Å². The number of methoxy groups -OCH3 is 1. The monoisotopic (exact) mass is 936 g/mol. The highest BCUT2D eigenvalue weighted by atomic mass is 16.5. The normalized spacial score (nSPS) is 11.8. The Balaban J connectivity index is -0.000000157. The second-order valence-electron chi connectivity index (χ2n) is 21.7. The van der Waals surface area contributed by atoms with Gasteiger partial charge in [-0.1, -0.05) is 173 Å². The number of rotatable bonds is 20. The van der Waals surface area contributed by atoms with E-state index < -0.39 is 5.60 Å². The second-order valence-corrected chi connectivity index (χ2v) is 21.7. The molecule has 1 aromatic rings. The van der Waals surface area contributed by atoms with Gasteiger partial charge in [0.2, 0.25) is 11.8 Å². The molecule has 2 amide bonds. The summed E-state index contributed by atoms with van der Waals surface area (Å²) in [6.07, 6.45) is 13.3. The lowest BCUT2D eigenvalue weighted by Crippen LogP contribution is -2.22. The first kappa shape index (κ1) is 74.8. The van der Waals surface area contributed by atoms with Crippen molar-refractivity contribution in [3.63, 3.8) is 0 Å². The van der Waals surface area contributed by atoms with Crippen LogP contribution in [0.5, 0.6) is 0 Å². The lowest BCUT2D eigenvalue weighted by Gasteiger charge is -2.18. The molecule has 0 unspecified atom stereocenters. The molecule has 0 heterocycles. The summed E-state index contributed by atoms with van der Waals surface area (Å²) in [7, 11) is 5.24. The highest BCUT2D eigenvalue weighted by Crippen LogP contribution is 2.29. The largest absolute Gasteiger partial charge is 0.390 e. The number of carbonyl (C=O) groups excluding carboxylic acids is 2. The molecule has 3 N–H and O–H groups in total. The number of ether oxygens (including phenoxy) is 3. The number of primary amides is 1. The molecule has 9 heteroatoms. The number of allylic oxidation sites excluding steroid dienone is 1. The maximum Gasteiger partial charge on any atom is 0.222 e. The van der Waals surface area contributed by atoms with Gasteiger partial charge in [-0.15, -0.1) is 6.58 Å². The minimum atomic E-state index is -0.478. The van der Waals surface area contributed by atoms with Gasteiger partial charge in [-0.25, -0.2) is 0 Å². The average Bonchev–Trinajstić information content (AvgIpc) is 3.66. The maximum atomic E-state index is 10.9. The van der Waals surface area contributed by atoms with Crippen LogP contribution >= 0.6 is 0 Å². The van der Waals surface area contributed by atoms with Crippen molar-refractivity contribution in [2.75, 3.05) is 47.6 Å². The lowest BCUT2D eigenvalue weighted by molar-refractivity contribution is -0.129. The van der Waals surface area contributed by atoms with Crippen LogP contribution in [0.25, 0.3) is 0 Å². The van der Waals surface area contributed by atoms with E-state index in [1.165, 1.54) is 37.7 Å². The molecule has 392 valence electrons. The van der Waals surface area contributed by atoms with Crippen LogP contribution in [0.3, 0.4) is 0 Å². The number of aliphatic hydroxyl groups is 1. The zero-order chi connectivity index (χ0) is 52.7. The maximum absolute atomic E-state index is 10.9. The highest BCUT2D eigenvalue weighted by Gasteiger charge is 2.15. The number of hydrogen-bond donors (Lipinski definition) is 2. The van der Waals surface area contributed by atoms with Crippen LogP contribution in [0, 0.1) is 64.6 Å². The Morgan fingerprint density at radius 2 is 1.24 bits per heavy atom. The number of nitrogens with zero attached hydrogens (tertiary/aromatic N) is 2. The third-order valence-corrected chi connectivity index (χ3v) is 8.46. The predicted molar refractivity (Wildman–Crippen MR) is 287 cm³/mol. The topological polar surface area (TPSA) is 135 Å². The number of nitriles is 1. The van der Waals surface area contributed by atoms with E-state index in [9.17, 15) is 14.7 Å². The van der Waals surface area contributed by atoms with Crippen LogP contribution in [0.1, 0.15) is 194 Å². The summed E-state index contributed by atoms with van der Waals surface area (Å²) in [4.78, 5) is 22.5. The number of nitrogens with two attached hydrogens (primary N) is 1. The van der Waals surface area contributed by atoms with Gasteiger partial charge in [-0.3, -0.25) is 9.59 Å². The van der Waals surface area contributed by atoms with Crippen LogP contribution in [0.15, 0.2) is 43.0 Å². The van der Waals surface area contributed by atoms with Crippen molar-refractivity contribution in [2.45, 2.75) is 201 Å². The summed E-state index contributed by atoms with van der Waals surface area (Å²) in [5, 5.41) is 17.2. The molecule has 0 bridgehead atoms. The highest BCUT2D eigenvalue weighted by molar-refractivity contribution is 5.75. The minimum absolute atomic E-state index is 0.213. The Hall–Kier alpha value is -2.77. The minimum Gasteiger partial charge on any atom is -0.390 e. The molecule has 0 atom stereocenters. The molecule has 1 aromatic carbocycles. The number of benzene rings is 1. The molecule has 0 spiro atoms. The molecular formula is C57H113N3O6. The van der Waals surface area contributed by atoms with E-state index in [1.54, 1.807) is 26.1 Å². The third kappa shape index (κ3) is 84.6. The first-order valence-corrected chi connectivity index (χ1v) is 25.3. The van der Waals surface area contributed by atoms with Gasteiger partial charge in [-0.2, -0.15) is 5.26 Å². The van der Waals surface area contributed by atoms with Crippen molar-refractivity contribution in [1.82, 2.24) is 4.90 Å². The van der Waals surface area contributed by atoms with Gasteiger partial charge in [0.15, 0.2) is 0 Å². The summed E-state index contributed by atoms with van der Waals surface area (Å²) < 4.78 is 15.5. The molecule has 0 saturated heterocycles. The van der Waals surface area contributed by atoms with E-state index in [-0.39, 0.29) is 11.8 Å². The molecule has 1 aliphatic carbocycles. The van der Waals surface area contributed by atoms with Gasteiger partial charge in [-0.05, 0) is 91.9 Å². The first-order valence-electron chi connectivity index (χ1n) is 25.3. The Morgan fingerprint density at radius 1 is 0.758 bits per heavy atom. The van der Waals surface area contributed by atoms with E-state index in [1.807, 2.05) is 79.7 Å². The lowest BCUT2D eigenvalue weighted by atomic mass is 9.96. The molecule has 1 aliphatic rings. The summed E-state index contributed by atoms with van der Waals surface area (Å²) in [5.74, 6) is 6.04. The van der Waals surface area contributed by atoms with Crippen molar-refractivity contribution in [1.29, 1.82) is 5.26 Å². The van der Waals surface area contributed by atoms with E-state index in [4.69, 9.17) is 25.2 Å². The Labute approximate surface area is 411 Å². The predicted octanol–water partition coefficient (Wildman–Crippen LogP) is 14.6. The summed E-state index contributed by atoms with van der Waals surface area (Å²) >= 11 is 0. The molecule has 1 saturated carbocycles. The van der Waals surface area contributed by atoms with E-state index in [0.717, 1.165) is 50.4 Å². The van der Waals surface area contributed by atoms with Crippen molar-refractivity contribution in [3.8, 4) is 6.07 Å². The van der Waals surface area contributed by atoms with Gasteiger partial charge in [0.1, 0.15) is 0 Å². The summed E-state index contributed by atoms with van der Waals surface area (Å²) in [6.45, 7) is 45.0. The van der Waals surface area contributed by atoms with Crippen molar-refractivity contribution in [2.24, 2.45) is 59.0 Å². The fraction of sp³-hybridized carbons (Fsp3) is 0.807. The van der Waals surface area contributed by atoms with Crippen molar-refractivity contribution >= 4 is 11.8 Å². The van der Waals surface area contributed by atoms with Crippen LogP contribution in [0.4, 0.5) is 0 Å². The molecule has 0 aliphatic heterocycles. The van der Waals surface area contributed by atoms with Crippen LogP contribution in [-0.4, -0.2) is 75.1 Å². The zero-order valence-corrected chi connectivity index (χ0v) is 47.4. The van der Waals surface area contributed by atoms with Gasteiger partial charge < -0.3 is 30.0 Å². The van der Waals surface area contributed by atoms with Crippen molar-refractivity contribution < 1.29 is 28.9 Å². The van der Waals surface area contributed by atoms with E-state index in [0.29, 0.717) is 68.0 Å². The Kier molecular flexibility index (Phi) is 58.5. The standard InChI is InChI=1S/C11H16O.C9H18.C7H15NO.C7H16O2.C7H16O.C6H12.C5H11NO.C5H9N/c1-10(2)8-12-9-11-6-4-3-5-7-11;1-8(2)7-9-5-3-4-6-9;1-6(2)5-7(9)8(3)4;1-7(2)6-9-5-4-8-3;1-6(2)5-7(3,4)8;1-4-5-6(2)3;1-4(2)3-5(6)7;1-5(2)3-4-6/h3-7,10H,8-9H2,1-2H3;8-9H,3-7H2,1-2H3;6H,5H2,1-4H3;7H,4-6H2,1-3H3;6,8H,5H2,1-4H3;4,6H,1,5H2,2-3H3;4H,3H2,1-2H3,(H2,6,7);5H,3H2,1-2H3. The molecule has 0 radical (unpaired) electrons. The molecular weight excluding hydrogens is 823 g/mol. The zero-order valence-electron chi connectivity index (χ0n) is 47.4. The smallest absolute Gasteiger partial charge is 0.222 e. The Bertz CT molecular complexity index is 1190. The molecule has 66 heavy (non-hydrogen) atoms. The van der Waals surface area contributed by atoms with E-state index >= 15 is 0 Å². The third-order valence-electron chi connectivity index (χ3n) is 8.46. The van der Waals surface area contributed by atoms with E-state index in [2.05, 4.69) is 94.0 Å². The van der Waals surface area contributed by atoms with Crippen LogP contribution < -0.4 is 5.73 Å². The first-order chi connectivity index (χ1) is 30.5. The quantitative estimate of drug-likeness (QED) is 0.0982. The van der Waals surface area contributed by atoms with Crippen molar-refractivity contribution in [3.05, 3.63) is 48.6 Å². The van der Waals surface area contributed by atoms with Crippen LogP contribution in [-0.2, 0) is 30.4 Å². The fourth-order valence-electron chi connectivity index (χ4n) is 5.81. The van der Waals surface area contributed by atoms with Gasteiger partial charge in [0, 0.05) is 53.7 Å². The molecule has 0 aromatic heterocycles. The number of amides is 2. The number of carbonyl (C=O) groups is 2.